The van der Waals surface area contributed by atoms with E-state index in [0.29, 0.717) is 12.2 Å². The maximum atomic E-state index is 11.9. The quantitative estimate of drug-likeness (QED) is 0.662. The van der Waals surface area contributed by atoms with Crippen LogP contribution >= 0.6 is 0 Å². The Balaban J connectivity index is 1.80. The highest BCUT2D eigenvalue weighted by Gasteiger charge is 2.14. The van der Waals surface area contributed by atoms with Crippen molar-refractivity contribution in [3.63, 3.8) is 0 Å². The lowest BCUT2D eigenvalue weighted by atomic mass is 9.97. The van der Waals surface area contributed by atoms with Crippen molar-refractivity contribution in [2.75, 3.05) is 11.9 Å². The lowest BCUT2D eigenvalue weighted by molar-refractivity contribution is -0.136. The second-order valence-electron chi connectivity index (χ2n) is 5.89. The predicted molar refractivity (Wildman–Crippen MR) is 88.7 cm³/mol. The molecule has 2 N–H and O–H groups in total. The highest BCUT2D eigenvalue weighted by atomic mass is 16.2. The second kappa shape index (κ2) is 7.78. The molecular weight excluding hydrogens is 276 g/mol. The van der Waals surface area contributed by atoms with Crippen molar-refractivity contribution < 1.29 is 9.59 Å². The van der Waals surface area contributed by atoms with Crippen molar-refractivity contribution in [2.24, 2.45) is 0 Å². The van der Waals surface area contributed by atoms with Gasteiger partial charge in [0.25, 0.3) is 0 Å². The molecule has 0 unspecified atom stereocenters. The van der Waals surface area contributed by atoms with E-state index in [1.165, 1.54) is 18.4 Å². The Hall–Kier alpha value is -2.10. The largest absolute Gasteiger partial charge is 0.348 e. The van der Waals surface area contributed by atoms with Gasteiger partial charge in [-0.25, -0.2) is 0 Å². The summed E-state index contributed by atoms with van der Waals surface area (Å²) in [4.78, 5) is 23.8. The highest BCUT2D eigenvalue weighted by molar-refractivity contribution is 6.39. The van der Waals surface area contributed by atoms with Crippen molar-refractivity contribution in [1.82, 2.24) is 5.32 Å². The summed E-state index contributed by atoms with van der Waals surface area (Å²) in [5.74, 6) is -1.18. The summed E-state index contributed by atoms with van der Waals surface area (Å²) in [7, 11) is 0. The topological polar surface area (TPSA) is 58.2 Å². The Morgan fingerprint density at radius 2 is 1.95 bits per heavy atom. The molecule has 0 spiro atoms. The average Bonchev–Trinajstić information content (AvgIpc) is 2.52. The van der Waals surface area contributed by atoms with Gasteiger partial charge in [0, 0.05) is 12.2 Å². The molecule has 0 bridgehead atoms. The first kappa shape index (κ1) is 16.3. The average molecular weight is 300 g/mol. The van der Waals surface area contributed by atoms with E-state index in [-0.39, 0.29) is 0 Å². The van der Waals surface area contributed by atoms with E-state index in [4.69, 9.17) is 0 Å². The van der Waals surface area contributed by atoms with Crippen LogP contribution in [0.25, 0.3) is 0 Å². The molecule has 0 saturated carbocycles. The third kappa shape index (κ3) is 4.72. The molecule has 1 aromatic rings. The van der Waals surface area contributed by atoms with Crippen LogP contribution in [0.1, 0.15) is 43.2 Å². The van der Waals surface area contributed by atoms with Crippen LogP contribution in [0.2, 0.25) is 0 Å². The van der Waals surface area contributed by atoms with E-state index in [2.05, 4.69) is 16.7 Å². The molecule has 2 amide bonds. The number of nitrogens with one attached hydrogen (secondary N) is 2. The molecule has 0 fully saturated rings. The van der Waals surface area contributed by atoms with E-state index in [1.54, 1.807) is 0 Å². The van der Waals surface area contributed by atoms with E-state index in [9.17, 15) is 9.59 Å². The lowest BCUT2D eigenvalue weighted by Crippen LogP contribution is -2.36. The molecule has 4 heteroatoms. The molecule has 22 heavy (non-hydrogen) atoms. The molecular formula is C18H24N2O2. The summed E-state index contributed by atoms with van der Waals surface area (Å²) >= 11 is 0. The van der Waals surface area contributed by atoms with Crippen molar-refractivity contribution in [1.29, 1.82) is 0 Å². The van der Waals surface area contributed by atoms with Crippen LogP contribution in [0, 0.1) is 13.8 Å². The van der Waals surface area contributed by atoms with E-state index in [0.717, 1.165) is 30.4 Å². The van der Waals surface area contributed by atoms with Crippen LogP contribution in [-0.4, -0.2) is 18.4 Å². The zero-order valence-corrected chi connectivity index (χ0v) is 13.4. The predicted octanol–water partition coefficient (Wildman–Crippen LogP) is 3.25. The molecule has 2 rings (SSSR count). The van der Waals surface area contributed by atoms with Crippen LogP contribution in [0.15, 0.2) is 29.8 Å². The first-order chi connectivity index (χ1) is 10.6. The van der Waals surface area contributed by atoms with Crippen molar-refractivity contribution in [2.45, 2.75) is 46.0 Å². The normalized spacial score (nSPS) is 14.2. The Kier molecular flexibility index (Phi) is 5.75. The number of carbonyl (C=O) groups excluding carboxylic acids is 2. The number of amides is 2. The van der Waals surface area contributed by atoms with Gasteiger partial charge in [0.15, 0.2) is 0 Å². The summed E-state index contributed by atoms with van der Waals surface area (Å²) in [6.07, 6.45) is 7.83. The molecule has 0 atom stereocenters. The van der Waals surface area contributed by atoms with Crippen LogP contribution in [0.5, 0.6) is 0 Å². The van der Waals surface area contributed by atoms with Gasteiger partial charge in [-0.3, -0.25) is 9.59 Å². The number of carbonyl (C=O) groups is 2. The summed E-state index contributed by atoms with van der Waals surface area (Å²) in [5.41, 5.74) is 4.07. The summed E-state index contributed by atoms with van der Waals surface area (Å²) in [6, 6.07) is 5.77. The fourth-order valence-electron chi connectivity index (χ4n) is 2.60. The molecule has 1 aliphatic rings. The maximum Gasteiger partial charge on any atom is 0.313 e. The minimum Gasteiger partial charge on any atom is -0.348 e. The number of benzene rings is 1. The zero-order valence-electron chi connectivity index (χ0n) is 13.4. The van der Waals surface area contributed by atoms with Crippen LogP contribution < -0.4 is 10.6 Å². The van der Waals surface area contributed by atoms with Gasteiger partial charge in [-0.2, -0.15) is 0 Å². The minimum atomic E-state index is -0.605. The van der Waals surface area contributed by atoms with Gasteiger partial charge in [0.1, 0.15) is 0 Å². The van der Waals surface area contributed by atoms with Gasteiger partial charge in [0.2, 0.25) is 0 Å². The summed E-state index contributed by atoms with van der Waals surface area (Å²) < 4.78 is 0. The molecule has 118 valence electrons. The third-order valence-corrected chi connectivity index (χ3v) is 3.96. The lowest BCUT2D eigenvalue weighted by Gasteiger charge is -2.13. The molecule has 4 nitrogen and oxygen atoms in total. The second-order valence-corrected chi connectivity index (χ2v) is 5.89. The number of anilines is 1. The standard InChI is InChI=1S/C18H24N2O2/c1-13-8-9-14(2)16(12-13)20-18(22)17(21)19-11-10-15-6-4-3-5-7-15/h6,8-9,12H,3-5,7,10-11H2,1-2H3,(H,19,21)(H,20,22). The van der Waals surface area contributed by atoms with Crippen molar-refractivity contribution in [3.8, 4) is 0 Å². The van der Waals surface area contributed by atoms with E-state index >= 15 is 0 Å². The van der Waals surface area contributed by atoms with Crippen LogP contribution in [0.3, 0.4) is 0 Å². The van der Waals surface area contributed by atoms with E-state index < -0.39 is 11.8 Å². The number of hydrogen-bond acceptors (Lipinski definition) is 2. The Bertz CT molecular complexity index is 591. The summed E-state index contributed by atoms with van der Waals surface area (Å²) in [5, 5.41) is 5.37. The fraction of sp³-hybridized carbons (Fsp3) is 0.444. The highest BCUT2D eigenvalue weighted by Crippen LogP contribution is 2.19. The van der Waals surface area contributed by atoms with Gasteiger partial charge >= 0.3 is 11.8 Å². The number of rotatable bonds is 4. The number of allylic oxidation sites excluding steroid dienone is 1. The molecule has 0 heterocycles. The van der Waals surface area contributed by atoms with Crippen LogP contribution in [0.4, 0.5) is 5.69 Å². The molecule has 1 aromatic carbocycles. The van der Waals surface area contributed by atoms with Gasteiger partial charge in [0.05, 0.1) is 0 Å². The molecule has 0 aliphatic heterocycles. The zero-order chi connectivity index (χ0) is 15.9. The molecule has 0 aromatic heterocycles. The Labute approximate surface area is 132 Å². The monoisotopic (exact) mass is 300 g/mol. The van der Waals surface area contributed by atoms with Gasteiger partial charge in [-0.05, 0) is 63.1 Å². The van der Waals surface area contributed by atoms with Crippen LogP contribution in [-0.2, 0) is 9.59 Å². The van der Waals surface area contributed by atoms with Crippen molar-refractivity contribution >= 4 is 17.5 Å². The SMILES string of the molecule is Cc1ccc(C)c(NC(=O)C(=O)NCCC2=CCCCC2)c1. The molecule has 0 radical (unpaired) electrons. The van der Waals surface area contributed by atoms with Gasteiger partial charge < -0.3 is 10.6 Å². The van der Waals surface area contributed by atoms with Crippen molar-refractivity contribution in [3.05, 3.63) is 41.0 Å². The first-order valence-electron chi connectivity index (χ1n) is 7.90. The van der Waals surface area contributed by atoms with Gasteiger partial charge in [-0.15, -0.1) is 0 Å². The fourth-order valence-corrected chi connectivity index (χ4v) is 2.60. The number of aryl methyl sites for hydroxylation is 2. The van der Waals surface area contributed by atoms with Gasteiger partial charge in [-0.1, -0.05) is 23.8 Å². The molecule has 0 saturated heterocycles. The Morgan fingerprint density at radius 3 is 2.68 bits per heavy atom. The Morgan fingerprint density at radius 1 is 1.14 bits per heavy atom. The molecule has 1 aliphatic carbocycles. The third-order valence-electron chi connectivity index (χ3n) is 3.96. The first-order valence-corrected chi connectivity index (χ1v) is 7.90. The minimum absolute atomic E-state index is 0.519. The van der Waals surface area contributed by atoms with E-state index in [1.807, 2.05) is 32.0 Å². The number of hydrogen-bond donors (Lipinski definition) is 2. The maximum absolute atomic E-state index is 11.9. The summed E-state index contributed by atoms with van der Waals surface area (Å²) in [6.45, 7) is 4.38. The smallest absolute Gasteiger partial charge is 0.313 e.